The molecule has 0 atom stereocenters. The molecule has 0 bridgehead atoms. The number of benzene rings is 1. The zero-order valence-corrected chi connectivity index (χ0v) is 12.5. The van der Waals surface area contributed by atoms with Crippen molar-refractivity contribution in [3.8, 4) is 5.75 Å². The Morgan fingerprint density at radius 3 is 2.21 bits per heavy atom. The first kappa shape index (κ1) is 14.4. The fourth-order valence-electron chi connectivity index (χ4n) is 2.75. The van der Waals surface area contributed by atoms with Crippen LogP contribution in [0.25, 0.3) is 0 Å². The van der Waals surface area contributed by atoms with Crippen molar-refractivity contribution in [3.05, 3.63) is 29.8 Å². The van der Waals surface area contributed by atoms with E-state index in [0.29, 0.717) is 0 Å². The number of ether oxygens (including phenoxy) is 1. The standard InChI is InChI=1S/C17H27NO/c1-16(2,3)14-6-8-15(9-7-14)19-13-12-17(18)10-4-5-11-17/h6-9H,4-5,10-13,18H2,1-3H3. The van der Waals surface area contributed by atoms with Gasteiger partial charge in [0.1, 0.15) is 5.75 Å². The molecule has 0 aliphatic heterocycles. The van der Waals surface area contributed by atoms with Gasteiger partial charge in [0.2, 0.25) is 0 Å². The molecule has 0 saturated heterocycles. The van der Waals surface area contributed by atoms with E-state index in [2.05, 4.69) is 45.0 Å². The van der Waals surface area contributed by atoms with Crippen LogP contribution < -0.4 is 10.5 Å². The van der Waals surface area contributed by atoms with Gasteiger partial charge >= 0.3 is 0 Å². The van der Waals surface area contributed by atoms with Crippen LogP contribution in [0.2, 0.25) is 0 Å². The molecule has 1 aromatic carbocycles. The Morgan fingerprint density at radius 1 is 1.11 bits per heavy atom. The summed E-state index contributed by atoms with van der Waals surface area (Å²) in [6.45, 7) is 7.40. The molecule has 106 valence electrons. The molecular weight excluding hydrogens is 234 g/mol. The summed E-state index contributed by atoms with van der Waals surface area (Å²) in [4.78, 5) is 0. The monoisotopic (exact) mass is 261 g/mol. The van der Waals surface area contributed by atoms with E-state index >= 15 is 0 Å². The van der Waals surface area contributed by atoms with Crippen LogP contribution in [-0.4, -0.2) is 12.1 Å². The summed E-state index contributed by atoms with van der Waals surface area (Å²) in [6, 6.07) is 8.45. The Morgan fingerprint density at radius 2 is 1.68 bits per heavy atom. The van der Waals surface area contributed by atoms with E-state index in [1.165, 1.54) is 18.4 Å². The van der Waals surface area contributed by atoms with Gasteiger partial charge in [-0.05, 0) is 42.4 Å². The maximum atomic E-state index is 6.32. The van der Waals surface area contributed by atoms with Crippen molar-refractivity contribution in [1.82, 2.24) is 0 Å². The summed E-state index contributed by atoms with van der Waals surface area (Å²) < 4.78 is 5.82. The molecule has 0 spiro atoms. The molecule has 2 nitrogen and oxygen atoms in total. The van der Waals surface area contributed by atoms with Crippen LogP contribution in [0.15, 0.2) is 24.3 Å². The SMILES string of the molecule is CC(C)(C)c1ccc(OCCC2(N)CCCC2)cc1. The first-order chi connectivity index (χ1) is 8.89. The van der Waals surface area contributed by atoms with Gasteiger partial charge in [-0.25, -0.2) is 0 Å². The second-order valence-corrected chi connectivity index (χ2v) is 6.94. The maximum Gasteiger partial charge on any atom is 0.119 e. The normalized spacial score (nSPS) is 18.5. The highest BCUT2D eigenvalue weighted by atomic mass is 16.5. The van der Waals surface area contributed by atoms with Crippen molar-refractivity contribution in [1.29, 1.82) is 0 Å². The van der Waals surface area contributed by atoms with Crippen LogP contribution in [0, 0.1) is 0 Å². The minimum atomic E-state index is 0.0331. The van der Waals surface area contributed by atoms with Gasteiger partial charge in [0, 0.05) is 5.54 Å². The fourth-order valence-corrected chi connectivity index (χ4v) is 2.75. The van der Waals surface area contributed by atoms with Gasteiger partial charge < -0.3 is 10.5 Å². The predicted molar refractivity (Wildman–Crippen MR) is 80.6 cm³/mol. The average Bonchev–Trinajstić information content (AvgIpc) is 2.76. The van der Waals surface area contributed by atoms with Crippen molar-refractivity contribution in [3.63, 3.8) is 0 Å². The highest BCUT2D eigenvalue weighted by molar-refractivity contribution is 5.31. The van der Waals surface area contributed by atoms with Gasteiger partial charge in [-0.3, -0.25) is 0 Å². The molecule has 0 heterocycles. The van der Waals surface area contributed by atoms with Crippen molar-refractivity contribution in [2.45, 2.75) is 63.8 Å². The van der Waals surface area contributed by atoms with Crippen LogP contribution in [0.3, 0.4) is 0 Å². The quantitative estimate of drug-likeness (QED) is 0.888. The van der Waals surface area contributed by atoms with E-state index in [-0.39, 0.29) is 11.0 Å². The Kier molecular flexibility index (Phi) is 4.19. The lowest BCUT2D eigenvalue weighted by Gasteiger charge is -2.23. The Labute approximate surface area is 117 Å². The molecule has 0 aromatic heterocycles. The summed E-state index contributed by atoms with van der Waals surface area (Å²) in [6.07, 6.45) is 5.82. The number of nitrogens with two attached hydrogens (primary N) is 1. The summed E-state index contributed by atoms with van der Waals surface area (Å²) in [5, 5.41) is 0. The molecule has 19 heavy (non-hydrogen) atoms. The van der Waals surface area contributed by atoms with Gasteiger partial charge in [0.05, 0.1) is 6.61 Å². The number of hydrogen-bond acceptors (Lipinski definition) is 2. The third kappa shape index (κ3) is 3.97. The van der Waals surface area contributed by atoms with Crippen LogP contribution >= 0.6 is 0 Å². The molecule has 1 aliphatic carbocycles. The molecule has 1 aromatic rings. The van der Waals surface area contributed by atoms with Gasteiger partial charge in [0.15, 0.2) is 0 Å². The lowest BCUT2D eigenvalue weighted by Crippen LogP contribution is -2.37. The molecule has 0 amide bonds. The summed E-state index contributed by atoms with van der Waals surface area (Å²) >= 11 is 0. The molecule has 2 heteroatoms. The zero-order valence-electron chi connectivity index (χ0n) is 12.5. The lowest BCUT2D eigenvalue weighted by atomic mass is 9.87. The van der Waals surface area contributed by atoms with E-state index < -0.39 is 0 Å². The topological polar surface area (TPSA) is 35.2 Å². The van der Waals surface area contributed by atoms with Crippen LogP contribution in [-0.2, 0) is 5.41 Å². The summed E-state index contributed by atoms with van der Waals surface area (Å²) in [5.41, 5.74) is 7.89. The van der Waals surface area contributed by atoms with Crippen molar-refractivity contribution >= 4 is 0 Å². The van der Waals surface area contributed by atoms with Gasteiger partial charge in [0.25, 0.3) is 0 Å². The molecule has 1 saturated carbocycles. The zero-order chi connectivity index (χ0) is 13.9. The predicted octanol–water partition coefficient (Wildman–Crippen LogP) is 4.02. The Balaban J connectivity index is 1.83. The Bertz CT molecular complexity index is 396. The van der Waals surface area contributed by atoms with Gasteiger partial charge in [-0.1, -0.05) is 45.7 Å². The molecule has 0 radical (unpaired) electrons. The molecule has 2 rings (SSSR count). The second kappa shape index (κ2) is 5.54. The van der Waals surface area contributed by atoms with Gasteiger partial charge in [-0.2, -0.15) is 0 Å². The van der Waals surface area contributed by atoms with E-state index in [9.17, 15) is 0 Å². The third-order valence-electron chi connectivity index (χ3n) is 4.19. The van der Waals surface area contributed by atoms with Crippen LogP contribution in [0.5, 0.6) is 5.75 Å². The minimum absolute atomic E-state index is 0.0331. The highest BCUT2D eigenvalue weighted by Gasteiger charge is 2.28. The minimum Gasteiger partial charge on any atom is -0.494 e. The average molecular weight is 261 g/mol. The summed E-state index contributed by atoms with van der Waals surface area (Å²) in [7, 11) is 0. The molecular formula is C17H27NO. The molecule has 0 unspecified atom stereocenters. The largest absolute Gasteiger partial charge is 0.494 e. The third-order valence-corrected chi connectivity index (χ3v) is 4.19. The van der Waals surface area contributed by atoms with E-state index in [4.69, 9.17) is 10.5 Å². The highest BCUT2D eigenvalue weighted by Crippen LogP contribution is 2.30. The molecule has 1 fully saturated rings. The van der Waals surface area contributed by atoms with E-state index in [1.54, 1.807) is 0 Å². The van der Waals surface area contributed by atoms with Crippen molar-refractivity contribution in [2.75, 3.05) is 6.61 Å². The maximum absolute atomic E-state index is 6.32. The second-order valence-electron chi connectivity index (χ2n) is 6.94. The van der Waals surface area contributed by atoms with E-state index in [0.717, 1.165) is 31.6 Å². The van der Waals surface area contributed by atoms with Crippen LogP contribution in [0.4, 0.5) is 0 Å². The van der Waals surface area contributed by atoms with Crippen molar-refractivity contribution < 1.29 is 4.74 Å². The van der Waals surface area contributed by atoms with Gasteiger partial charge in [-0.15, -0.1) is 0 Å². The summed E-state index contributed by atoms with van der Waals surface area (Å²) in [5.74, 6) is 0.953. The molecule has 2 N–H and O–H groups in total. The first-order valence-corrected chi connectivity index (χ1v) is 7.41. The van der Waals surface area contributed by atoms with Crippen LogP contribution in [0.1, 0.15) is 58.4 Å². The lowest BCUT2D eigenvalue weighted by molar-refractivity contribution is 0.258. The van der Waals surface area contributed by atoms with E-state index in [1.807, 2.05) is 0 Å². The molecule has 1 aliphatic rings. The number of hydrogen-bond donors (Lipinski definition) is 1. The Hall–Kier alpha value is -1.02. The smallest absolute Gasteiger partial charge is 0.119 e. The first-order valence-electron chi connectivity index (χ1n) is 7.41. The fraction of sp³-hybridized carbons (Fsp3) is 0.647. The number of rotatable bonds is 4. The van der Waals surface area contributed by atoms with Crippen molar-refractivity contribution in [2.24, 2.45) is 5.73 Å².